The van der Waals surface area contributed by atoms with Gasteiger partial charge in [-0.15, -0.1) is 6.58 Å². The zero-order chi connectivity index (χ0) is 15.2. The fourth-order valence-corrected chi connectivity index (χ4v) is 2.29. The highest BCUT2D eigenvalue weighted by molar-refractivity contribution is 6.01. The van der Waals surface area contributed by atoms with Crippen molar-refractivity contribution in [2.24, 2.45) is 0 Å². The van der Waals surface area contributed by atoms with E-state index in [1.807, 2.05) is 6.07 Å². The van der Waals surface area contributed by atoms with Gasteiger partial charge in [0.15, 0.2) is 5.78 Å². The van der Waals surface area contributed by atoms with E-state index in [0.717, 1.165) is 0 Å². The van der Waals surface area contributed by atoms with Gasteiger partial charge in [0.05, 0.1) is 10.8 Å². The molecule has 4 heteroatoms. The number of allylic oxidation sites excluding steroid dienone is 1. The van der Waals surface area contributed by atoms with Crippen LogP contribution < -0.4 is 0 Å². The van der Waals surface area contributed by atoms with Gasteiger partial charge in [-0.2, -0.15) is 0 Å². The van der Waals surface area contributed by atoms with Crippen molar-refractivity contribution < 1.29 is 9.72 Å². The van der Waals surface area contributed by atoms with Crippen molar-refractivity contribution in [1.29, 1.82) is 0 Å². The molecule has 1 atom stereocenters. The third-order valence-corrected chi connectivity index (χ3v) is 3.29. The molecule has 0 fully saturated rings. The van der Waals surface area contributed by atoms with Gasteiger partial charge in [0.1, 0.15) is 0 Å². The summed E-state index contributed by atoms with van der Waals surface area (Å²) in [7, 11) is 0. The predicted octanol–water partition coefficient (Wildman–Crippen LogP) is 4.14. The number of carbonyl (C=O) groups is 1. The zero-order valence-corrected chi connectivity index (χ0v) is 11.4. The van der Waals surface area contributed by atoms with Crippen molar-refractivity contribution in [3.63, 3.8) is 0 Å². The summed E-state index contributed by atoms with van der Waals surface area (Å²) in [6, 6.07) is 15.2. The number of hydrogen-bond donors (Lipinski definition) is 0. The molecule has 0 aliphatic heterocycles. The van der Waals surface area contributed by atoms with Gasteiger partial charge in [0.25, 0.3) is 5.69 Å². The molecule has 0 bridgehead atoms. The van der Waals surface area contributed by atoms with E-state index in [2.05, 4.69) is 6.58 Å². The molecule has 2 rings (SSSR count). The van der Waals surface area contributed by atoms with Gasteiger partial charge < -0.3 is 0 Å². The monoisotopic (exact) mass is 281 g/mol. The van der Waals surface area contributed by atoms with E-state index < -0.39 is 10.8 Å². The van der Waals surface area contributed by atoms with Crippen LogP contribution in [-0.2, 0) is 0 Å². The van der Waals surface area contributed by atoms with Crippen LogP contribution in [0.2, 0.25) is 0 Å². The van der Waals surface area contributed by atoms with Crippen molar-refractivity contribution in [2.75, 3.05) is 0 Å². The van der Waals surface area contributed by atoms with Crippen molar-refractivity contribution >= 4 is 11.5 Å². The third kappa shape index (κ3) is 3.23. The molecule has 4 nitrogen and oxygen atoms in total. The van der Waals surface area contributed by atoms with Crippen LogP contribution in [0.3, 0.4) is 0 Å². The standard InChI is InChI=1S/C17H15NO3/c1-2-8-15(17(19)13-9-4-3-5-10-13)14-11-6-7-12-16(14)18(20)21/h2-7,9-12,15H,1,8H2. The summed E-state index contributed by atoms with van der Waals surface area (Å²) in [6.07, 6.45) is 1.97. The molecule has 0 radical (unpaired) electrons. The number of para-hydroxylation sites is 1. The lowest BCUT2D eigenvalue weighted by atomic mass is 9.87. The molecule has 0 amide bonds. The average molecular weight is 281 g/mol. The summed E-state index contributed by atoms with van der Waals surface area (Å²) in [5.74, 6) is -0.726. The van der Waals surface area contributed by atoms with E-state index in [0.29, 0.717) is 17.5 Å². The van der Waals surface area contributed by atoms with Crippen LogP contribution >= 0.6 is 0 Å². The first-order chi connectivity index (χ1) is 10.1. The Bertz CT molecular complexity index is 665. The van der Waals surface area contributed by atoms with Gasteiger partial charge in [-0.3, -0.25) is 14.9 Å². The lowest BCUT2D eigenvalue weighted by Gasteiger charge is -2.14. The van der Waals surface area contributed by atoms with E-state index in [9.17, 15) is 14.9 Å². The Hall–Kier alpha value is -2.75. The summed E-state index contributed by atoms with van der Waals surface area (Å²) in [4.78, 5) is 23.3. The molecule has 0 N–H and O–H groups in total. The summed E-state index contributed by atoms with van der Waals surface area (Å²) in [5, 5.41) is 11.2. The van der Waals surface area contributed by atoms with E-state index in [4.69, 9.17) is 0 Å². The van der Waals surface area contributed by atoms with Crippen LogP contribution in [0.5, 0.6) is 0 Å². The summed E-state index contributed by atoms with van der Waals surface area (Å²) in [6.45, 7) is 3.65. The highest BCUT2D eigenvalue weighted by Gasteiger charge is 2.27. The molecule has 0 spiro atoms. The predicted molar refractivity (Wildman–Crippen MR) is 81.4 cm³/mol. The number of benzene rings is 2. The summed E-state index contributed by atoms with van der Waals surface area (Å²) >= 11 is 0. The lowest BCUT2D eigenvalue weighted by molar-refractivity contribution is -0.385. The maximum atomic E-state index is 12.6. The van der Waals surface area contributed by atoms with Gasteiger partial charge in [0.2, 0.25) is 0 Å². The SMILES string of the molecule is C=CCC(C(=O)c1ccccc1)c1ccccc1[N+](=O)[O-]. The minimum atomic E-state index is -0.591. The largest absolute Gasteiger partial charge is 0.293 e. The van der Waals surface area contributed by atoms with Crippen LogP contribution in [0.25, 0.3) is 0 Å². The van der Waals surface area contributed by atoms with Crippen LogP contribution in [0.1, 0.15) is 28.3 Å². The number of carbonyl (C=O) groups excluding carboxylic acids is 1. The van der Waals surface area contributed by atoms with E-state index in [1.165, 1.54) is 6.07 Å². The van der Waals surface area contributed by atoms with Crippen LogP contribution in [0.15, 0.2) is 67.3 Å². The second-order valence-corrected chi connectivity index (χ2v) is 4.62. The first-order valence-electron chi connectivity index (χ1n) is 6.58. The number of nitro benzene ring substituents is 1. The molecular weight excluding hydrogens is 266 g/mol. The second-order valence-electron chi connectivity index (χ2n) is 4.62. The topological polar surface area (TPSA) is 60.2 Å². The Kier molecular flexibility index (Phi) is 4.61. The minimum absolute atomic E-state index is 0.0337. The quantitative estimate of drug-likeness (QED) is 0.346. The Morgan fingerprint density at radius 2 is 1.76 bits per heavy atom. The molecule has 0 aromatic heterocycles. The second kappa shape index (κ2) is 6.61. The molecule has 1 unspecified atom stereocenters. The van der Waals surface area contributed by atoms with Gasteiger partial charge in [-0.25, -0.2) is 0 Å². The van der Waals surface area contributed by atoms with Crippen molar-refractivity contribution in [1.82, 2.24) is 0 Å². The van der Waals surface area contributed by atoms with Gasteiger partial charge in [0, 0.05) is 17.2 Å². The maximum absolute atomic E-state index is 12.6. The highest BCUT2D eigenvalue weighted by atomic mass is 16.6. The Balaban J connectivity index is 2.47. The summed E-state index contributed by atoms with van der Waals surface area (Å²) in [5.41, 5.74) is 0.937. The molecule has 0 aliphatic rings. The fourth-order valence-electron chi connectivity index (χ4n) is 2.29. The maximum Gasteiger partial charge on any atom is 0.273 e. The lowest BCUT2D eigenvalue weighted by Crippen LogP contribution is -2.14. The smallest absolute Gasteiger partial charge is 0.273 e. The third-order valence-electron chi connectivity index (χ3n) is 3.29. The zero-order valence-electron chi connectivity index (χ0n) is 11.4. The average Bonchev–Trinajstić information content (AvgIpc) is 2.53. The van der Waals surface area contributed by atoms with Crippen LogP contribution in [-0.4, -0.2) is 10.7 Å². The Morgan fingerprint density at radius 1 is 1.14 bits per heavy atom. The number of rotatable bonds is 6. The molecule has 0 aliphatic carbocycles. The first-order valence-corrected chi connectivity index (χ1v) is 6.58. The number of ketones is 1. The van der Waals surface area contributed by atoms with Crippen molar-refractivity contribution in [3.8, 4) is 0 Å². The Labute approximate surface area is 122 Å². The molecule has 106 valence electrons. The molecule has 2 aromatic rings. The Morgan fingerprint density at radius 3 is 2.38 bits per heavy atom. The van der Waals surface area contributed by atoms with Gasteiger partial charge in [-0.05, 0) is 6.42 Å². The van der Waals surface area contributed by atoms with E-state index in [1.54, 1.807) is 48.5 Å². The molecule has 0 saturated carbocycles. The fraction of sp³-hybridized carbons (Fsp3) is 0.118. The molecule has 0 saturated heterocycles. The molecule has 21 heavy (non-hydrogen) atoms. The van der Waals surface area contributed by atoms with E-state index >= 15 is 0 Å². The van der Waals surface area contributed by atoms with Crippen LogP contribution in [0.4, 0.5) is 5.69 Å². The first kappa shape index (κ1) is 14.7. The molecule has 0 heterocycles. The normalized spacial score (nSPS) is 11.6. The number of nitro groups is 1. The highest BCUT2D eigenvalue weighted by Crippen LogP contribution is 2.31. The minimum Gasteiger partial charge on any atom is -0.293 e. The molecular formula is C17H15NO3. The van der Waals surface area contributed by atoms with Crippen molar-refractivity contribution in [2.45, 2.75) is 12.3 Å². The number of nitrogens with zero attached hydrogens (tertiary/aromatic N) is 1. The number of hydrogen-bond acceptors (Lipinski definition) is 3. The van der Waals surface area contributed by atoms with Gasteiger partial charge in [-0.1, -0.05) is 54.6 Å². The van der Waals surface area contributed by atoms with Gasteiger partial charge >= 0.3 is 0 Å². The van der Waals surface area contributed by atoms with Crippen molar-refractivity contribution in [3.05, 3.63) is 88.5 Å². The number of Topliss-reactive ketones (excluding diaryl/α,β-unsaturated/α-hetero) is 1. The van der Waals surface area contributed by atoms with Crippen LogP contribution in [0, 0.1) is 10.1 Å². The van der Waals surface area contributed by atoms with E-state index in [-0.39, 0.29) is 11.5 Å². The summed E-state index contributed by atoms with van der Waals surface area (Å²) < 4.78 is 0. The molecule has 2 aromatic carbocycles.